The van der Waals surface area contributed by atoms with Crippen LogP contribution < -0.4 is 20.5 Å². The predicted octanol–water partition coefficient (Wildman–Crippen LogP) is 1.01. The van der Waals surface area contributed by atoms with Crippen molar-refractivity contribution in [1.29, 1.82) is 0 Å². The topological polar surface area (TPSA) is 106 Å². The third-order valence-corrected chi connectivity index (χ3v) is 4.22. The van der Waals surface area contributed by atoms with Gasteiger partial charge in [-0.15, -0.1) is 0 Å². The van der Waals surface area contributed by atoms with E-state index in [0.717, 1.165) is 0 Å². The van der Waals surface area contributed by atoms with Gasteiger partial charge in [-0.1, -0.05) is 11.6 Å². The molecule has 0 spiro atoms. The van der Waals surface area contributed by atoms with E-state index >= 15 is 0 Å². The molecule has 0 aliphatic carbocycles. The summed E-state index contributed by atoms with van der Waals surface area (Å²) in [5.41, 5.74) is 6.36. The van der Waals surface area contributed by atoms with Crippen molar-refractivity contribution in [3.8, 4) is 5.75 Å². The number of aliphatic imine (C=N–C) groups is 1. The fourth-order valence-corrected chi connectivity index (χ4v) is 2.28. The van der Waals surface area contributed by atoms with Gasteiger partial charge in [-0.25, -0.2) is 13.1 Å². The minimum absolute atomic E-state index is 0.0365. The number of sulfonamides is 1. The Bertz CT molecular complexity index is 605. The van der Waals surface area contributed by atoms with Crippen LogP contribution in [0.3, 0.4) is 0 Å². The van der Waals surface area contributed by atoms with E-state index < -0.39 is 10.0 Å². The molecule has 0 atom stereocenters. The number of rotatable bonds is 7. The van der Waals surface area contributed by atoms with Crippen molar-refractivity contribution in [2.75, 3.05) is 31.3 Å². The number of halogens is 1. The Labute approximate surface area is 129 Å². The van der Waals surface area contributed by atoms with Gasteiger partial charge >= 0.3 is 0 Å². The van der Waals surface area contributed by atoms with E-state index in [0.29, 0.717) is 16.5 Å². The molecule has 1 aromatic rings. The van der Waals surface area contributed by atoms with Gasteiger partial charge in [0.1, 0.15) is 5.75 Å². The van der Waals surface area contributed by atoms with E-state index in [9.17, 15) is 8.42 Å². The number of nitrogens with two attached hydrogens (primary N) is 1. The number of anilines is 1. The summed E-state index contributed by atoms with van der Waals surface area (Å²) in [7, 11) is -1.67. The van der Waals surface area contributed by atoms with Gasteiger partial charge < -0.3 is 15.8 Å². The van der Waals surface area contributed by atoms with Gasteiger partial charge in [0, 0.05) is 12.2 Å². The summed E-state index contributed by atoms with van der Waals surface area (Å²) in [4.78, 5) is 4.01. The maximum Gasteiger partial charge on any atom is 0.211 e. The number of nitrogens with zero attached hydrogens (tertiary/aromatic N) is 1. The summed E-state index contributed by atoms with van der Waals surface area (Å²) < 4.78 is 29.8. The first-order valence-electron chi connectivity index (χ1n) is 6.25. The molecule has 1 aromatic carbocycles. The Hall–Kier alpha value is -1.51. The maximum absolute atomic E-state index is 11.2. The lowest BCUT2D eigenvalue weighted by Gasteiger charge is -2.08. The second kappa shape index (κ2) is 8.06. The minimum atomic E-state index is -3.20. The fourth-order valence-electron chi connectivity index (χ4n) is 1.41. The van der Waals surface area contributed by atoms with Gasteiger partial charge in [-0.3, -0.25) is 4.99 Å². The molecule has 0 amide bonds. The molecule has 0 aromatic heterocycles. The third kappa shape index (κ3) is 6.19. The summed E-state index contributed by atoms with van der Waals surface area (Å²) in [6.07, 6.45) is 0. The molecule has 0 saturated heterocycles. The molecule has 0 radical (unpaired) electrons. The van der Waals surface area contributed by atoms with Gasteiger partial charge in [-0.05, 0) is 25.1 Å². The summed E-state index contributed by atoms with van der Waals surface area (Å²) in [6, 6.07) is 5.10. The van der Waals surface area contributed by atoms with Gasteiger partial charge in [0.15, 0.2) is 5.96 Å². The van der Waals surface area contributed by atoms with Gasteiger partial charge in [0.05, 0.1) is 24.4 Å². The highest BCUT2D eigenvalue weighted by atomic mass is 35.5. The molecule has 1 rings (SSSR count). The number of nitrogens with one attached hydrogen (secondary N) is 2. The lowest BCUT2D eigenvalue weighted by Crippen LogP contribution is -2.29. The highest BCUT2D eigenvalue weighted by Gasteiger charge is 2.05. The Morgan fingerprint density at radius 1 is 1.48 bits per heavy atom. The molecule has 0 unspecified atom stereocenters. The number of guanidine groups is 1. The van der Waals surface area contributed by atoms with Gasteiger partial charge in [-0.2, -0.15) is 0 Å². The summed E-state index contributed by atoms with van der Waals surface area (Å²) in [6.45, 7) is 2.00. The number of hydrogen-bond donors (Lipinski definition) is 3. The summed E-state index contributed by atoms with van der Waals surface area (Å²) in [5.74, 6) is 0.771. The zero-order chi connectivity index (χ0) is 15.9. The first-order chi connectivity index (χ1) is 9.88. The van der Waals surface area contributed by atoms with Crippen molar-refractivity contribution in [1.82, 2.24) is 4.72 Å². The Morgan fingerprint density at radius 3 is 2.76 bits per heavy atom. The van der Waals surface area contributed by atoms with E-state index in [1.807, 2.05) is 0 Å². The number of hydrogen-bond acceptors (Lipinski definition) is 4. The van der Waals surface area contributed by atoms with E-state index in [1.165, 1.54) is 7.11 Å². The molecule has 7 nitrogen and oxygen atoms in total. The smallest absolute Gasteiger partial charge is 0.211 e. The Balaban J connectivity index is 2.51. The van der Waals surface area contributed by atoms with E-state index in [2.05, 4.69) is 15.0 Å². The molecule has 21 heavy (non-hydrogen) atoms. The Kier molecular flexibility index (Phi) is 6.73. The van der Waals surface area contributed by atoms with Crippen molar-refractivity contribution < 1.29 is 13.2 Å². The van der Waals surface area contributed by atoms with Crippen LogP contribution in [0.4, 0.5) is 5.69 Å². The molecule has 0 saturated carbocycles. The van der Waals surface area contributed by atoms with Crippen LogP contribution in [-0.4, -0.2) is 40.3 Å². The van der Waals surface area contributed by atoms with Crippen LogP contribution in [0.2, 0.25) is 5.02 Å². The van der Waals surface area contributed by atoms with E-state index in [4.69, 9.17) is 22.1 Å². The van der Waals surface area contributed by atoms with Crippen LogP contribution in [0.5, 0.6) is 5.75 Å². The molecule has 0 fully saturated rings. The quantitative estimate of drug-likeness (QED) is 0.392. The SMILES string of the molecule is CCS(=O)(=O)NCCN=C(N)Nc1ccc(OC)c(Cl)c1. The number of methoxy groups -OCH3 is 1. The van der Waals surface area contributed by atoms with Crippen LogP contribution in [0.25, 0.3) is 0 Å². The molecule has 9 heteroatoms. The summed E-state index contributed by atoms with van der Waals surface area (Å²) >= 11 is 5.98. The highest BCUT2D eigenvalue weighted by molar-refractivity contribution is 7.89. The molecule has 0 aliphatic rings. The Morgan fingerprint density at radius 2 is 2.19 bits per heavy atom. The number of ether oxygens (including phenoxy) is 1. The van der Waals surface area contributed by atoms with Crippen molar-refractivity contribution >= 4 is 33.3 Å². The van der Waals surface area contributed by atoms with E-state index in [1.54, 1.807) is 25.1 Å². The average molecular weight is 335 g/mol. The molecule has 4 N–H and O–H groups in total. The van der Waals surface area contributed by atoms with Crippen molar-refractivity contribution in [2.45, 2.75) is 6.92 Å². The number of benzene rings is 1. The lowest BCUT2D eigenvalue weighted by molar-refractivity contribution is 0.415. The monoisotopic (exact) mass is 334 g/mol. The molecule has 0 bridgehead atoms. The van der Waals surface area contributed by atoms with Crippen LogP contribution in [-0.2, 0) is 10.0 Å². The fraction of sp³-hybridized carbons (Fsp3) is 0.417. The lowest BCUT2D eigenvalue weighted by atomic mass is 10.3. The van der Waals surface area contributed by atoms with Gasteiger partial charge in [0.2, 0.25) is 10.0 Å². The van der Waals surface area contributed by atoms with Crippen molar-refractivity contribution in [3.63, 3.8) is 0 Å². The molecular formula is C12H19ClN4O3S. The normalized spacial score (nSPS) is 12.2. The average Bonchev–Trinajstić information content (AvgIpc) is 2.44. The van der Waals surface area contributed by atoms with Crippen molar-refractivity contribution in [2.24, 2.45) is 10.7 Å². The van der Waals surface area contributed by atoms with Crippen LogP contribution >= 0.6 is 11.6 Å². The van der Waals surface area contributed by atoms with Crippen molar-refractivity contribution in [3.05, 3.63) is 23.2 Å². The predicted molar refractivity (Wildman–Crippen MR) is 85.6 cm³/mol. The zero-order valence-electron chi connectivity index (χ0n) is 11.9. The summed E-state index contributed by atoms with van der Waals surface area (Å²) in [5, 5.41) is 3.31. The van der Waals surface area contributed by atoms with Gasteiger partial charge in [0.25, 0.3) is 0 Å². The highest BCUT2D eigenvalue weighted by Crippen LogP contribution is 2.26. The van der Waals surface area contributed by atoms with Crippen LogP contribution in [0, 0.1) is 0 Å². The molecule has 118 valence electrons. The van der Waals surface area contributed by atoms with Crippen LogP contribution in [0.1, 0.15) is 6.92 Å². The maximum atomic E-state index is 11.2. The minimum Gasteiger partial charge on any atom is -0.495 e. The standard InChI is InChI=1S/C12H19ClN4O3S/c1-3-21(18,19)16-7-6-15-12(14)17-9-4-5-11(20-2)10(13)8-9/h4-5,8,16H,3,6-7H2,1-2H3,(H3,14,15,17). The molecule has 0 heterocycles. The first kappa shape index (κ1) is 17.5. The first-order valence-corrected chi connectivity index (χ1v) is 8.28. The second-order valence-electron chi connectivity index (χ2n) is 4.04. The van der Waals surface area contributed by atoms with E-state index in [-0.39, 0.29) is 24.8 Å². The van der Waals surface area contributed by atoms with Crippen LogP contribution in [0.15, 0.2) is 23.2 Å². The largest absolute Gasteiger partial charge is 0.495 e. The second-order valence-corrected chi connectivity index (χ2v) is 6.54. The third-order valence-electron chi connectivity index (χ3n) is 2.52. The molecular weight excluding hydrogens is 316 g/mol. The molecule has 0 aliphatic heterocycles. The zero-order valence-corrected chi connectivity index (χ0v) is 13.5.